The summed E-state index contributed by atoms with van der Waals surface area (Å²) < 4.78 is 0. The first-order valence-corrected chi connectivity index (χ1v) is 10.9. The molecule has 0 heterocycles. The normalized spacial score (nSPS) is 10.0. The van der Waals surface area contributed by atoms with Crippen LogP contribution in [0.1, 0.15) is 114 Å². The smallest absolute Gasteiger partial charge is 1.00 e. The number of hydrogen-bond acceptors (Lipinski definition) is 3. The van der Waals surface area contributed by atoms with Crippen molar-refractivity contribution in [2.24, 2.45) is 0 Å². The summed E-state index contributed by atoms with van der Waals surface area (Å²) in [5, 5.41) is 21.3. The van der Waals surface area contributed by atoms with Crippen molar-refractivity contribution in [2.75, 3.05) is 11.9 Å². The maximum absolute atomic E-state index is 11.1. The van der Waals surface area contributed by atoms with Crippen LogP contribution in [0, 0.1) is 0 Å². The van der Waals surface area contributed by atoms with Crippen molar-refractivity contribution in [2.45, 2.75) is 90.4 Å². The minimum Gasteiger partial charge on any atom is -1.00 e. The van der Waals surface area contributed by atoms with E-state index in [9.17, 15) is 9.59 Å². The molecule has 0 saturated carbocycles. The van der Waals surface area contributed by atoms with Gasteiger partial charge in [-0.1, -0.05) is 84.0 Å². The third-order valence-electron chi connectivity index (χ3n) is 5.04. The van der Waals surface area contributed by atoms with E-state index in [0.29, 0.717) is 5.69 Å². The maximum Gasteiger partial charge on any atom is 1.00 e. The molecule has 0 aromatic heterocycles. The molecule has 7 heteroatoms. The molecule has 0 spiro atoms. The van der Waals surface area contributed by atoms with Crippen molar-refractivity contribution in [3.63, 3.8) is 0 Å². The molecule has 1 aromatic carbocycles. The molecule has 162 valence electrons. The molecule has 0 amide bonds. The number of hydrogen-bond donors (Lipinski definition) is 3. The maximum atomic E-state index is 11.1. The van der Waals surface area contributed by atoms with E-state index in [1.165, 1.54) is 88.8 Å². The zero-order valence-corrected chi connectivity index (χ0v) is 23.3. The van der Waals surface area contributed by atoms with Crippen molar-refractivity contribution in [1.29, 1.82) is 0 Å². The number of benzene rings is 1. The van der Waals surface area contributed by atoms with Crippen LogP contribution >= 0.6 is 0 Å². The molecule has 0 unspecified atom stereocenters. The Balaban J connectivity index is -0.000000980. The van der Waals surface area contributed by atoms with Gasteiger partial charge in [0.15, 0.2) is 0 Å². The van der Waals surface area contributed by atoms with Crippen molar-refractivity contribution in [3.05, 3.63) is 29.3 Å². The first kappa shape index (κ1) is 32.1. The number of carboxylic acid groups (broad SMARTS) is 2. The fourth-order valence-electron chi connectivity index (χ4n) is 3.35. The van der Waals surface area contributed by atoms with E-state index < -0.39 is 11.9 Å². The van der Waals surface area contributed by atoms with Gasteiger partial charge in [-0.3, -0.25) is 0 Å². The van der Waals surface area contributed by atoms with Gasteiger partial charge in [-0.15, -0.1) is 0 Å². The Labute approximate surface area is 229 Å². The van der Waals surface area contributed by atoms with Crippen LogP contribution in [-0.2, 0) is 0 Å². The Morgan fingerprint density at radius 3 is 1.43 bits per heavy atom. The topological polar surface area (TPSA) is 86.6 Å². The third-order valence-corrected chi connectivity index (χ3v) is 5.04. The molecule has 0 fully saturated rings. The molecule has 0 aliphatic rings. The first-order valence-electron chi connectivity index (χ1n) is 10.9. The summed E-state index contributed by atoms with van der Waals surface area (Å²) in [6, 6.07) is 4.15. The summed E-state index contributed by atoms with van der Waals surface area (Å²) in [6.45, 7) is 2.97. The summed E-state index contributed by atoms with van der Waals surface area (Å²) in [7, 11) is 0. The molecule has 5 nitrogen and oxygen atoms in total. The van der Waals surface area contributed by atoms with Crippen molar-refractivity contribution in [3.8, 4) is 0 Å². The Morgan fingerprint density at radius 2 is 1.07 bits per heavy atom. The molecule has 0 saturated heterocycles. The van der Waals surface area contributed by atoms with Gasteiger partial charge < -0.3 is 18.4 Å². The van der Waals surface area contributed by atoms with Crippen molar-refractivity contribution >= 4 is 17.6 Å². The van der Waals surface area contributed by atoms with E-state index >= 15 is 0 Å². The molecular weight excluding hydrogens is 400 g/mol. The number of carboxylic acids is 2. The molecule has 0 bridgehead atoms. The van der Waals surface area contributed by atoms with Crippen molar-refractivity contribution < 1.29 is 81.8 Å². The predicted molar refractivity (Wildman–Crippen MR) is 117 cm³/mol. The van der Waals surface area contributed by atoms with Gasteiger partial charge in [-0.25, -0.2) is 9.59 Å². The molecule has 0 aliphatic heterocycles. The molecule has 0 aliphatic carbocycles. The van der Waals surface area contributed by atoms with Gasteiger partial charge in [0.2, 0.25) is 0 Å². The van der Waals surface area contributed by atoms with E-state index in [4.69, 9.17) is 10.2 Å². The van der Waals surface area contributed by atoms with E-state index in [2.05, 4.69) is 12.2 Å². The average molecular weight is 440 g/mol. The number of nitrogens with one attached hydrogen (secondary N) is 1. The molecule has 30 heavy (non-hydrogen) atoms. The van der Waals surface area contributed by atoms with Crippen LogP contribution in [0.4, 0.5) is 5.69 Å². The second kappa shape index (κ2) is 20.8. The Morgan fingerprint density at radius 1 is 0.700 bits per heavy atom. The second-order valence-electron chi connectivity index (χ2n) is 7.58. The summed E-state index contributed by atoms with van der Waals surface area (Å²) >= 11 is 0. The fraction of sp³-hybridized carbons (Fsp3) is 0.652. The van der Waals surface area contributed by atoms with Gasteiger partial charge in [-0.2, -0.15) is 0 Å². The van der Waals surface area contributed by atoms with Crippen molar-refractivity contribution in [1.82, 2.24) is 0 Å². The van der Waals surface area contributed by atoms with Crippen LogP contribution in [-0.4, -0.2) is 28.7 Å². The molecule has 3 N–H and O–H groups in total. The van der Waals surface area contributed by atoms with Crippen LogP contribution in [0.25, 0.3) is 0 Å². The molecule has 1 aromatic rings. The fourth-order valence-corrected chi connectivity index (χ4v) is 3.35. The monoisotopic (exact) mass is 439 g/mol. The Hall–Kier alpha value is -0.0400. The number of aromatic carboxylic acids is 2. The van der Waals surface area contributed by atoms with Crippen LogP contribution in [0.5, 0.6) is 0 Å². The number of anilines is 1. The van der Waals surface area contributed by atoms with E-state index in [1.54, 1.807) is 0 Å². The molecule has 0 radical (unpaired) electrons. The van der Waals surface area contributed by atoms with E-state index in [1.807, 2.05) is 0 Å². The van der Waals surface area contributed by atoms with Gasteiger partial charge >= 0.3 is 71.1 Å². The van der Waals surface area contributed by atoms with Gasteiger partial charge in [-0.05, 0) is 24.6 Å². The largest absolute Gasteiger partial charge is 1.00 e. The molecule has 0 atom stereocenters. The van der Waals surface area contributed by atoms with Crippen LogP contribution in [0.15, 0.2) is 18.2 Å². The van der Waals surface area contributed by atoms with Gasteiger partial charge in [0.1, 0.15) is 0 Å². The standard InChI is InChI=1S/C23H37NO4.2Na.2H/c1-2-3-4-5-6-7-8-9-10-11-12-13-14-15-24-21-17-19(22(25)26)16-20(18-21)23(27)28;;;;/h16-18,24H,2-15H2,1H3,(H,25,26)(H,27,28);;;;/q;2*+1;2*-1. The number of rotatable bonds is 17. The zero-order valence-electron chi connectivity index (χ0n) is 21.3. The van der Waals surface area contributed by atoms with Crippen LogP contribution in [0.3, 0.4) is 0 Å². The summed E-state index contributed by atoms with van der Waals surface area (Å²) in [6.07, 6.45) is 16.9. The number of carbonyl (C=O) groups is 2. The molecule has 1 rings (SSSR count). The predicted octanol–water partition coefficient (Wildman–Crippen LogP) is 0.819. The second-order valence-corrected chi connectivity index (χ2v) is 7.58. The van der Waals surface area contributed by atoms with Gasteiger partial charge in [0.25, 0.3) is 0 Å². The van der Waals surface area contributed by atoms with E-state index in [0.717, 1.165) is 19.4 Å². The minimum atomic E-state index is -1.12. The first-order chi connectivity index (χ1) is 13.5. The van der Waals surface area contributed by atoms with E-state index in [-0.39, 0.29) is 73.1 Å². The SMILES string of the molecule is CCCCCCCCCCCCCCCNc1cc(C(=O)O)cc(C(=O)O)c1.[H-].[H-].[Na+].[Na+]. The third kappa shape index (κ3) is 15.7. The van der Waals surface area contributed by atoms with Gasteiger partial charge in [0, 0.05) is 12.2 Å². The summed E-state index contributed by atoms with van der Waals surface area (Å²) in [5.74, 6) is -2.24. The Kier molecular flexibility index (Phi) is 22.3. The zero-order chi connectivity index (χ0) is 20.6. The van der Waals surface area contributed by atoms with Crippen LogP contribution in [0.2, 0.25) is 0 Å². The summed E-state index contributed by atoms with van der Waals surface area (Å²) in [5.41, 5.74) is 0.539. The molecular formula is C23H39NNa2O4. The minimum absolute atomic E-state index is 0. The average Bonchev–Trinajstić information content (AvgIpc) is 2.68. The quantitative estimate of drug-likeness (QED) is 0.247. The summed E-state index contributed by atoms with van der Waals surface area (Å²) in [4.78, 5) is 22.2. The van der Waals surface area contributed by atoms with Crippen LogP contribution < -0.4 is 64.4 Å². The Bertz CT molecular complexity index is 575. The number of unbranched alkanes of at least 4 members (excludes halogenated alkanes) is 12. The van der Waals surface area contributed by atoms with Gasteiger partial charge in [0.05, 0.1) is 11.1 Å².